The summed E-state index contributed by atoms with van der Waals surface area (Å²) in [5, 5.41) is 8.74. The lowest BCUT2D eigenvalue weighted by Gasteiger charge is -2.02. The average Bonchev–Trinajstić information content (AvgIpc) is 2.26. The average molecular weight is 160 g/mol. The van der Waals surface area contributed by atoms with Gasteiger partial charge in [-0.15, -0.1) is 0 Å². The third-order valence-corrected chi connectivity index (χ3v) is 1.20. The zero-order valence-corrected chi connectivity index (χ0v) is 5.94. The second kappa shape index (κ2) is 3.25. The first-order valence-corrected chi connectivity index (χ1v) is 3.00. The van der Waals surface area contributed by atoms with E-state index in [1.54, 1.807) is 6.92 Å². The van der Waals surface area contributed by atoms with E-state index in [0.717, 1.165) is 0 Å². The molecule has 1 atom stereocenters. The van der Waals surface area contributed by atoms with E-state index in [2.05, 4.69) is 9.47 Å². The van der Waals surface area contributed by atoms with Gasteiger partial charge in [-0.2, -0.15) is 0 Å². The van der Waals surface area contributed by atoms with Gasteiger partial charge in [-0.25, -0.2) is 0 Å². The first-order valence-electron chi connectivity index (χ1n) is 3.00. The molecule has 11 heavy (non-hydrogen) atoms. The Labute approximate surface area is 63.2 Å². The van der Waals surface area contributed by atoms with Gasteiger partial charge in [-0.05, 0) is 6.92 Å². The van der Waals surface area contributed by atoms with E-state index in [1.807, 2.05) is 0 Å². The highest BCUT2D eigenvalue weighted by molar-refractivity contribution is 5.37. The molecule has 0 aromatic rings. The van der Waals surface area contributed by atoms with Crippen LogP contribution in [0.4, 0.5) is 0 Å². The lowest BCUT2D eigenvalue weighted by molar-refractivity contribution is -0.195. The Hall–Kier alpha value is -1.23. The standard InChI is InChI=1S/C6H8O5/c1-4-5(2-9-3-7)11-6(8)10-4/h3,6,8H,2H2,1H3. The number of carbonyl (C=O) groups excluding carboxylic acids is 1. The number of aliphatic hydroxyl groups is 1. The molecular formula is C6H8O5. The Morgan fingerprint density at radius 3 is 2.91 bits per heavy atom. The van der Waals surface area contributed by atoms with E-state index < -0.39 is 6.48 Å². The van der Waals surface area contributed by atoms with Crippen LogP contribution in [0.15, 0.2) is 11.5 Å². The third kappa shape index (κ3) is 1.84. The van der Waals surface area contributed by atoms with Crippen LogP contribution in [-0.4, -0.2) is 24.7 Å². The van der Waals surface area contributed by atoms with Crippen LogP contribution in [0.25, 0.3) is 0 Å². The number of hydrogen-bond acceptors (Lipinski definition) is 5. The molecule has 5 heteroatoms. The SMILES string of the molecule is CC1=C(COC=O)OC(O)O1. The van der Waals surface area contributed by atoms with Crippen LogP contribution in [0.3, 0.4) is 0 Å². The molecule has 1 aliphatic heterocycles. The van der Waals surface area contributed by atoms with Gasteiger partial charge in [-0.1, -0.05) is 0 Å². The molecule has 0 amide bonds. The molecule has 0 fully saturated rings. The second-order valence-electron chi connectivity index (χ2n) is 1.93. The number of ether oxygens (including phenoxy) is 3. The first kappa shape index (κ1) is 7.87. The van der Waals surface area contributed by atoms with Crippen molar-refractivity contribution in [3.8, 4) is 0 Å². The quantitative estimate of drug-likeness (QED) is 0.575. The lowest BCUT2D eigenvalue weighted by atomic mass is 10.4. The molecule has 0 bridgehead atoms. The summed E-state index contributed by atoms with van der Waals surface area (Å²) in [6.45, 7) is 0.640. The number of carbonyl (C=O) groups is 1. The van der Waals surface area contributed by atoms with Gasteiger partial charge in [0.15, 0.2) is 12.4 Å². The van der Waals surface area contributed by atoms with Crippen LogP contribution in [-0.2, 0) is 19.0 Å². The van der Waals surface area contributed by atoms with Gasteiger partial charge in [0.25, 0.3) is 6.47 Å². The fourth-order valence-corrected chi connectivity index (χ4v) is 0.691. The molecule has 0 aliphatic carbocycles. The predicted molar refractivity (Wildman–Crippen MR) is 32.9 cm³/mol. The molecule has 1 rings (SSSR count). The Kier molecular flexibility index (Phi) is 2.32. The second-order valence-corrected chi connectivity index (χ2v) is 1.93. The minimum atomic E-state index is -1.26. The summed E-state index contributed by atoms with van der Waals surface area (Å²) < 4.78 is 13.8. The van der Waals surface area contributed by atoms with E-state index in [1.165, 1.54) is 0 Å². The molecule has 0 aromatic carbocycles. The van der Waals surface area contributed by atoms with Crippen molar-refractivity contribution >= 4 is 6.47 Å². The molecule has 1 N–H and O–H groups in total. The summed E-state index contributed by atoms with van der Waals surface area (Å²) in [4.78, 5) is 9.75. The van der Waals surface area contributed by atoms with Crippen LogP contribution in [0.1, 0.15) is 6.92 Å². The van der Waals surface area contributed by atoms with Gasteiger partial charge in [0.05, 0.1) is 0 Å². The van der Waals surface area contributed by atoms with Gasteiger partial charge in [-0.3, -0.25) is 4.79 Å². The zero-order chi connectivity index (χ0) is 8.27. The van der Waals surface area contributed by atoms with Crippen molar-refractivity contribution in [2.24, 2.45) is 0 Å². The predicted octanol–water partition coefficient (Wildman–Crippen LogP) is -0.286. The van der Waals surface area contributed by atoms with E-state index >= 15 is 0 Å². The van der Waals surface area contributed by atoms with Crippen molar-refractivity contribution in [3.63, 3.8) is 0 Å². The van der Waals surface area contributed by atoms with E-state index in [0.29, 0.717) is 18.0 Å². The molecule has 5 nitrogen and oxygen atoms in total. The molecule has 1 heterocycles. The van der Waals surface area contributed by atoms with Crippen molar-refractivity contribution in [2.45, 2.75) is 13.4 Å². The Balaban J connectivity index is 2.43. The van der Waals surface area contributed by atoms with Gasteiger partial charge in [0.2, 0.25) is 0 Å². The summed E-state index contributed by atoms with van der Waals surface area (Å²) in [6.07, 6.45) is 0. The van der Waals surface area contributed by atoms with Gasteiger partial charge in [0.1, 0.15) is 5.76 Å². The van der Waals surface area contributed by atoms with Crippen molar-refractivity contribution in [3.05, 3.63) is 11.5 Å². The van der Waals surface area contributed by atoms with Crippen LogP contribution in [0, 0.1) is 0 Å². The van der Waals surface area contributed by atoms with E-state index in [4.69, 9.17) is 9.84 Å². The summed E-state index contributed by atoms with van der Waals surface area (Å²) in [7, 11) is 0. The lowest BCUT2D eigenvalue weighted by Crippen LogP contribution is -2.07. The van der Waals surface area contributed by atoms with Crippen LogP contribution in [0.5, 0.6) is 0 Å². The summed E-state index contributed by atoms with van der Waals surface area (Å²) >= 11 is 0. The smallest absolute Gasteiger partial charge is 0.358 e. The number of allylic oxidation sites excluding steroid dienone is 1. The molecule has 1 unspecified atom stereocenters. The van der Waals surface area contributed by atoms with Crippen molar-refractivity contribution < 1.29 is 24.1 Å². The third-order valence-electron chi connectivity index (χ3n) is 1.20. The summed E-state index contributed by atoms with van der Waals surface area (Å²) in [5.74, 6) is 0.768. The van der Waals surface area contributed by atoms with Crippen molar-refractivity contribution in [1.82, 2.24) is 0 Å². The maximum atomic E-state index is 9.75. The molecule has 0 aromatic heterocycles. The van der Waals surface area contributed by atoms with Gasteiger partial charge >= 0.3 is 6.48 Å². The van der Waals surface area contributed by atoms with Crippen molar-refractivity contribution in [2.75, 3.05) is 6.61 Å². The monoisotopic (exact) mass is 160 g/mol. The minimum Gasteiger partial charge on any atom is -0.460 e. The number of aliphatic hydroxyl groups excluding tert-OH is 1. The van der Waals surface area contributed by atoms with E-state index in [9.17, 15) is 4.79 Å². The molecule has 0 spiro atoms. The van der Waals surface area contributed by atoms with Crippen LogP contribution in [0.2, 0.25) is 0 Å². The minimum absolute atomic E-state index is 0.00755. The highest BCUT2D eigenvalue weighted by atomic mass is 16.8. The Morgan fingerprint density at radius 1 is 1.73 bits per heavy atom. The van der Waals surface area contributed by atoms with E-state index in [-0.39, 0.29) is 6.61 Å². The number of hydrogen-bond donors (Lipinski definition) is 1. The Bertz CT molecular complexity index is 185. The van der Waals surface area contributed by atoms with Gasteiger partial charge in [0, 0.05) is 0 Å². The molecule has 0 saturated carbocycles. The highest BCUT2D eigenvalue weighted by Crippen LogP contribution is 2.19. The molecule has 62 valence electrons. The Morgan fingerprint density at radius 2 is 2.45 bits per heavy atom. The molecule has 0 radical (unpaired) electrons. The van der Waals surface area contributed by atoms with Crippen molar-refractivity contribution in [1.29, 1.82) is 0 Å². The first-order chi connectivity index (χ1) is 5.24. The highest BCUT2D eigenvalue weighted by Gasteiger charge is 2.21. The molecular weight excluding hydrogens is 152 g/mol. The fraction of sp³-hybridized carbons (Fsp3) is 0.500. The summed E-state index contributed by atoms with van der Waals surface area (Å²) in [5.41, 5.74) is 0. The normalized spacial score (nSPS) is 22.5. The van der Waals surface area contributed by atoms with Gasteiger partial charge < -0.3 is 19.3 Å². The largest absolute Gasteiger partial charge is 0.460 e. The molecule has 0 saturated heterocycles. The maximum absolute atomic E-state index is 9.75. The van der Waals surface area contributed by atoms with Crippen LogP contribution >= 0.6 is 0 Å². The fourth-order valence-electron chi connectivity index (χ4n) is 0.691. The summed E-state index contributed by atoms with van der Waals surface area (Å²) in [6, 6.07) is 0. The topological polar surface area (TPSA) is 65.0 Å². The number of rotatable bonds is 3. The maximum Gasteiger partial charge on any atom is 0.358 e. The molecule has 1 aliphatic rings. The zero-order valence-electron chi connectivity index (χ0n) is 5.94. The van der Waals surface area contributed by atoms with Crippen LogP contribution < -0.4 is 0 Å².